The third-order valence-corrected chi connectivity index (χ3v) is 5.52. The highest BCUT2D eigenvalue weighted by Gasteiger charge is 2.19. The Morgan fingerprint density at radius 2 is 2.14 bits per heavy atom. The highest BCUT2D eigenvalue weighted by Crippen LogP contribution is 2.17. The van der Waals surface area contributed by atoms with Gasteiger partial charge in [0.1, 0.15) is 0 Å². The minimum Gasteiger partial charge on any atom is -0.378 e. The Labute approximate surface area is 131 Å². The molecular formula is C15H30N2O3S. The molecule has 124 valence electrons. The molecular weight excluding hydrogens is 288 g/mol. The van der Waals surface area contributed by atoms with Crippen molar-refractivity contribution in [2.24, 2.45) is 0 Å². The second-order valence-corrected chi connectivity index (χ2v) is 9.00. The topological polar surface area (TPSA) is 67.4 Å². The van der Waals surface area contributed by atoms with E-state index in [1.54, 1.807) is 0 Å². The first-order valence-corrected chi connectivity index (χ1v) is 9.15. The molecule has 0 aromatic rings. The number of urea groups is 1. The van der Waals surface area contributed by atoms with Crippen LogP contribution in [0.3, 0.4) is 0 Å². The largest absolute Gasteiger partial charge is 0.378 e. The van der Waals surface area contributed by atoms with Gasteiger partial charge < -0.3 is 15.4 Å². The zero-order chi connectivity index (χ0) is 15.9. The molecule has 0 unspecified atom stereocenters. The van der Waals surface area contributed by atoms with E-state index in [2.05, 4.69) is 10.6 Å². The molecule has 2 N–H and O–H groups in total. The molecule has 2 amide bonds. The van der Waals surface area contributed by atoms with Crippen molar-refractivity contribution >= 4 is 16.8 Å². The molecule has 1 heterocycles. The Kier molecular flexibility index (Phi) is 7.66. The van der Waals surface area contributed by atoms with Crippen molar-refractivity contribution in [3.63, 3.8) is 0 Å². The third kappa shape index (κ3) is 7.81. The Morgan fingerprint density at radius 3 is 2.71 bits per heavy atom. The number of carbonyl (C=O) groups excluding carboxylic acids is 1. The van der Waals surface area contributed by atoms with E-state index in [1.165, 1.54) is 0 Å². The number of ether oxygens (including phenoxy) is 1. The lowest BCUT2D eigenvalue weighted by Gasteiger charge is -2.19. The van der Waals surface area contributed by atoms with E-state index in [0.29, 0.717) is 18.4 Å². The van der Waals surface area contributed by atoms with Crippen LogP contribution in [0.4, 0.5) is 4.79 Å². The Bertz CT molecular complexity index is 349. The Hall–Kier alpha value is -0.620. The van der Waals surface area contributed by atoms with Gasteiger partial charge in [-0.3, -0.25) is 4.21 Å². The lowest BCUT2D eigenvalue weighted by atomic mass is 10.1. The predicted molar refractivity (Wildman–Crippen MR) is 87.0 cm³/mol. The molecule has 0 aliphatic carbocycles. The second-order valence-electron chi connectivity index (χ2n) is 6.68. The van der Waals surface area contributed by atoms with Crippen LogP contribution in [0.2, 0.25) is 0 Å². The van der Waals surface area contributed by atoms with E-state index in [9.17, 15) is 9.00 Å². The molecule has 0 spiro atoms. The molecule has 5 nitrogen and oxygen atoms in total. The highest BCUT2D eigenvalue weighted by atomic mass is 32.2. The van der Waals surface area contributed by atoms with Crippen molar-refractivity contribution in [1.82, 2.24) is 10.6 Å². The predicted octanol–water partition coefficient (Wildman–Crippen LogP) is 2.18. The van der Waals surface area contributed by atoms with Crippen molar-refractivity contribution in [3.05, 3.63) is 0 Å². The summed E-state index contributed by atoms with van der Waals surface area (Å²) in [5.41, 5.74) is 0. The van der Waals surface area contributed by atoms with Crippen LogP contribution in [0, 0.1) is 0 Å². The SMILES string of the molecule is C[C@@H](CC[C@@H]1CCCO1)NC(=O)NCC[S@@](=O)C(C)(C)C. The van der Waals surface area contributed by atoms with Crippen molar-refractivity contribution < 1.29 is 13.7 Å². The number of rotatable bonds is 7. The van der Waals surface area contributed by atoms with Crippen LogP contribution in [0.15, 0.2) is 0 Å². The van der Waals surface area contributed by atoms with E-state index in [4.69, 9.17) is 4.74 Å². The first-order valence-electron chi connectivity index (χ1n) is 7.83. The molecule has 0 saturated carbocycles. The molecule has 1 aliphatic rings. The summed E-state index contributed by atoms with van der Waals surface area (Å²) < 4.78 is 17.2. The first-order chi connectivity index (χ1) is 9.79. The summed E-state index contributed by atoms with van der Waals surface area (Å²) in [6.07, 6.45) is 4.57. The molecule has 0 aromatic carbocycles. The van der Waals surface area contributed by atoms with Crippen LogP contribution in [0.5, 0.6) is 0 Å². The fraction of sp³-hybridized carbons (Fsp3) is 0.933. The van der Waals surface area contributed by atoms with E-state index in [1.807, 2.05) is 27.7 Å². The summed E-state index contributed by atoms with van der Waals surface area (Å²) >= 11 is 0. The lowest BCUT2D eigenvalue weighted by molar-refractivity contribution is 0.100. The quantitative estimate of drug-likeness (QED) is 0.756. The lowest BCUT2D eigenvalue weighted by Crippen LogP contribution is -2.43. The molecule has 0 aromatic heterocycles. The smallest absolute Gasteiger partial charge is 0.315 e. The Morgan fingerprint density at radius 1 is 1.43 bits per heavy atom. The number of hydrogen-bond donors (Lipinski definition) is 2. The molecule has 21 heavy (non-hydrogen) atoms. The van der Waals surface area contributed by atoms with Gasteiger partial charge in [0.15, 0.2) is 0 Å². The van der Waals surface area contributed by atoms with E-state index < -0.39 is 10.8 Å². The summed E-state index contributed by atoms with van der Waals surface area (Å²) in [4.78, 5) is 11.7. The van der Waals surface area contributed by atoms with Crippen LogP contribution in [0.25, 0.3) is 0 Å². The summed E-state index contributed by atoms with van der Waals surface area (Å²) in [6, 6.07) is -0.0527. The van der Waals surface area contributed by atoms with Gasteiger partial charge in [0, 0.05) is 40.5 Å². The van der Waals surface area contributed by atoms with Crippen molar-refractivity contribution in [3.8, 4) is 0 Å². The van der Waals surface area contributed by atoms with Gasteiger partial charge in [-0.2, -0.15) is 0 Å². The van der Waals surface area contributed by atoms with Gasteiger partial charge in [0.2, 0.25) is 0 Å². The number of carbonyl (C=O) groups is 1. The molecule has 1 saturated heterocycles. The summed E-state index contributed by atoms with van der Waals surface area (Å²) in [5.74, 6) is 0.487. The van der Waals surface area contributed by atoms with Crippen LogP contribution in [-0.2, 0) is 15.5 Å². The fourth-order valence-electron chi connectivity index (χ4n) is 2.22. The molecule has 0 radical (unpaired) electrons. The van der Waals surface area contributed by atoms with Crippen LogP contribution in [-0.4, -0.2) is 46.0 Å². The summed E-state index contributed by atoms with van der Waals surface area (Å²) in [6.45, 7) is 9.14. The molecule has 6 heteroatoms. The van der Waals surface area contributed by atoms with E-state index in [0.717, 1.165) is 32.3 Å². The maximum atomic E-state index is 11.8. The van der Waals surface area contributed by atoms with Crippen LogP contribution in [0.1, 0.15) is 53.4 Å². The maximum Gasteiger partial charge on any atom is 0.315 e. The van der Waals surface area contributed by atoms with Gasteiger partial charge in [-0.15, -0.1) is 0 Å². The standard InChI is InChI=1S/C15H30N2O3S/c1-12(7-8-13-6-5-10-20-13)17-14(18)16-9-11-21(19)15(2,3)4/h12-13H,5-11H2,1-4H3,(H2,16,17,18)/t12-,13-,21+/m0/s1. The number of nitrogens with one attached hydrogen (secondary N) is 2. The van der Waals surface area contributed by atoms with Gasteiger partial charge >= 0.3 is 6.03 Å². The van der Waals surface area contributed by atoms with Crippen molar-refractivity contribution in [2.75, 3.05) is 18.9 Å². The fourth-order valence-corrected chi connectivity index (χ4v) is 3.12. The average molecular weight is 318 g/mol. The molecule has 1 fully saturated rings. The van der Waals surface area contributed by atoms with Gasteiger partial charge in [-0.1, -0.05) is 0 Å². The minimum absolute atomic E-state index is 0.127. The Balaban J connectivity index is 2.10. The van der Waals surface area contributed by atoms with Gasteiger partial charge in [0.25, 0.3) is 0 Å². The minimum atomic E-state index is -0.931. The van der Waals surface area contributed by atoms with Gasteiger partial charge in [-0.25, -0.2) is 4.79 Å². The van der Waals surface area contributed by atoms with Gasteiger partial charge in [0.05, 0.1) is 6.10 Å². The van der Waals surface area contributed by atoms with E-state index >= 15 is 0 Å². The maximum absolute atomic E-state index is 11.8. The second kappa shape index (κ2) is 8.73. The van der Waals surface area contributed by atoms with Gasteiger partial charge in [-0.05, 0) is 53.4 Å². The molecule has 1 aliphatic heterocycles. The number of amides is 2. The molecule has 0 bridgehead atoms. The molecule has 3 atom stereocenters. The summed E-state index contributed by atoms with van der Waals surface area (Å²) in [5, 5.41) is 5.68. The molecule has 1 rings (SSSR count). The summed E-state index contributed by atoms with van der Waals surface area (Å²) in [7, 11) is -0.931. The monoisotopic (exact) mass is 318 g/mol. The van der Waals surface area contributed by atoms with Crippen molar-refractivity contribution in [1.29, 1.82) is 0 Å². The zero-order valence-electron chi connectivity index (χ0n) is 13.7. The van der Waals surface area contributed by atoms with Crippen LogP contribution < -0.4 is 10.6 Å². The highest BCUT2D eigenvalue weighted by molar-refractivity contribution is 7.86. The number of hydrogen-bond acceptors (Lipinski definition) is 3. The first kappa shape index (κ1) is 18.4. The third-order valence-electron chi connectivity index (χ3n) is 3.58. The van der Waals surface area contributed by atoms with Crippen LogP contribution >= 0.6 is 0 Å². The van der Waals surface area contributed by atoms with E-state index in [-0.39, 0.29) is 16.8 Å². The average Bonchev–Trinajstić information content (AvgIpc) is 2.88. The zero-order valence-corrected chi connectivity index (χ0v) is 14.6. The van der Waals surface area contributed by atoms with Crippen molar-refractivity contribution in [2.45, 2.75) is 70.3 Å². The normalized spacial score (nSPS) is 21.8.